The van der Waals surface area contributed by atoms with E-state index in [-0.39, 0.29) is 0 Å². The molecule has 0 aliphatic carbocycles. The van der Waals surface area contributed by atoms with Crippen molar-refractivity contribution in [2.24, 2.45) is 0 Å². The first kappa shape index (κ1) is 10.2. The number of carbonyl (C=O) groups excluding carboxylic acids is 1. The molecule has 0 radical (unpaired) electrons. The van der Waals surface area contributed by atoms with Crippen LogP contribution < -0.4 is 4.90 Å². The molecule has 0 saturated heterocycles. The summed E-state index contributed by atoms with van der Waals surface area (Å²) in [6.45, 7) is 1.46. The average Bonchev–Trinajstić information content (AvgIpc) is 2.20. The number of carboxylic acid groups (broad SMARTS) is 1. The van der Waals surface area contributed by atoms with Crippen molar-refractivity contribution in [3.05, 3.63) is 30.3 Å². The highest BCUT2D eigenvalue weighted by Crippen LogP contribution is 2.14. The van der Waals surface area contributed by atoms with Crippen molar-refractivity contribution < 1.29 is 14.7 Å². The quantitative estimate of drug-likeness (QED) is 0.729. The second kappa shape index (κ2) is 4.41. The summed E-state index contributed by atoms with van der Waals surface area (Å²) in [5.41, 5.74) is 0.581. The van der Waals surface area contributed by atoms with Crippen molar-refractivity contribution >= 4 is 18.1 Å². The summed E-state index contributed by atoms with van der Waals surface area (Å²) in [5.74, 6) is -1.03. The third kappa shape index (κ3) is 2.10. The minimum atomic E-state index is -1.03. The number of aliphatic carboxylic acids is 1. The summed E-state index contributed by atoms with van der Waals surface area (Å²) in [7, 11) is 0. The maximum atomic E-state index is 10.7. The van der Waals surface area contributed by atoms with E-state index in [2.05, 4.69) is 0 Å². The first-order valence-corrected chi connectivity index (χ1v) is 4.18. The molecule has 0 fully saturated rings. The molecule has 74 valence electrons. The van der Waals surface area contributed by atoms with Gasteiger partial charge in [0.25, 0.3) is 0 Å². The Morgan fingerprint density at radius 1 is 1.43 bits per heavy atom. The number of benzene rings is 1. The Hall–Kier alpha value is -1.84. The van der Waals surface area contributed by atoms with Gasteiger partial charge in [-0.2, -0.15) is 0 Å². The van der Waals surface area contributed by atoms with Gasteiger partial charge in [-0.25, -0.2) is 4.79 Å². The van der Waals surface area contributed by atoms with E-state index in [1.807, 2.05) is 0 Å². The van der Waals surface area contributed by atoms with E-state index in [1.165, 1.54) is 11.8 Å². The molecule has 4 heteroatoms. The first-order valence-electron chi connectivity index (χ1n) is 4.18. The largest absolute Gasteiger partial charge is 0.480 e. The normalized spacial score (nSPS) is 11.8. The monoisotopic (exact) mass is 193 g/mol. The van der Waals surface area contributed by atoms with Gasteiger partial charge in [0.2, 0.25) is 6.41 Å². The van der Waals surface area contributed by atoms with Crippen molar-refractivity contribution in [2.75, 3.05) is 4.90 Å². The molecular formula is C10H11NO3. The van der Waals surface area contributed by atoms with Crippen LogP contribution in [0.5, 0.6) is 0 Å². The van der Waals surface area contributed by atoms with E-state index in [4.69, 9.17) is 5.11 Å². The van der Waals surface area contributed by atoms with Crippen molar-refractivity contribution in [2.45, 2.75) is 13.0 Å². The van der Waals surface area contributed by atoms with E-state index >= 15 is 0 Å². The lowest BCUT2D eigenvalue weighted by Gasteiger charge is -2.21. The molecule has 0 aliphatic heterocycles. The Labute approximate surface area is 81.8 Å². The fraction of sp³-hybridized carbons (Fsp3) is 0.200. The van der Waals surface area contributed by atoms with Gasteiger partial charge in [0.05, 0.1) is 0 Å². The number of amides is 1. The van der Waals surface area contributed by atoms with Crippen LogP contribution in [0.4, 0.5) is 5.69 Å². The lowest BCUT2D eigenvalue weighted by atomic mass is 10.2. The molecule has 0 aliphatic rings. The molecule has 1 amide bonds. The molecule has 1 rings (SSSR count). The van der Waals surface area contributed by atoms with Gasteiger partial charge in [-0.05, 0) is 19.1 Å². The molecule has 1 N–H and O–H groups in total. The van der Waals surface area contributed by atoms with Crippen LogP contribution in [0.3, 0.4) is 0 Å². The van der Waals surface area contributed by atoms with Gasteiger partial charge in [-0.15, -0.1) is 0 Å². The molecule has 0 spiro atoms. The van der Waals surface area contributed by atoms with Crippen molar-refractivity contribution in [1.82, 2.24) is 0 Å². The molecule has 4 nitrogen and oxygen atoms in total. The Bertz CT molecular complexity index is 323. The number of carbonyl (C=O) groups is 2. The smallest absolute Gasteiger partial charge is 0.326 e. The van der Waals surface area contributed by atoms with Crippen LogP contribution in [0.2, 0.25) is 0 Å². The Balaban J connectivity index is 2.93. The molecular weight excluding hydrogens is 182 g/mol. The highest BCUT2D eigenvalue weighted by atomic mass is 16.4. The molecule has 1 unspecified atom stereocenters. The minimum Gasteiger partial charge on any atom is -0.480 e. The van der Waals surface area contributed by atoms with Crippen molar-refractivity contribution in [3.8, 4) is 0 Å². The molecule has 1 aromatic carbocycles. The van der Waals surface area contributed by atoms with E-state index in [9.17, 15) is 9.59 Å². The summed E-state index contributed by atoms with van der Waals surface area (Å²) in [4.78, 5) is 22.6. The van der Waals surface area contributed by atoms with Crippen LogP contribution in [0, 0.1) is 0 Å². The van der Waals surface area contributed by atoms with Crippen molar-refractivity contribution in [3.63, 3.8) is 0 Å². The second-order valence-electron chi connectivity index (χ2n) is 2.86. The lowest BCUT2D eigenvalue weighted by Crippen LogP contribution is -2.37. The predicted molar refractivity (Wildman–Crippen MR) is 52.1 cm³/mol. The van der Waals surface area contributed by atoms with Gasteiger partial charge in [-0.3, -0.25) is 4.79 Å². The molecule has 14 heavy (non-hydrogen) atoms. The standard InChI is InChI=1S/C10H11NO3/c1-8(10(13)14)11(7-12)9-5-3-2-4-6-9/h2-8H,1H3,(H,13,14). The van der Waals surface area contributed by atoms with Crippen LogP contribution in [0.1, 0.15) is 6.92 Å². The maximum absolute atomic E-state index is 10.7. The third-order valence-corrected chi connectivity index (χ3v) is 1.94. The summed E-state index contributed by atoms with van der Waals surface area (Å²) >= 11 is 0. The van der Waals surface area contributed by atoms with Gasteiger partial charge in [0.1, 0.15) is 6.04 Å². The average molecular weight is 193 g/mol. The topological polar surface area (TPSA) is 57.6 Å². The Kier molecular flexibility index (Phi) is 3.23. The minimum absolute atomic E-state index is 0.522. The van der Waals surface area contributed by atoms with Crippen LogP contribution in [-0.2, 0) is 9.59 Å². The summed E-state index contributed by atoms with van der Waals surface area (Å²) in [5, 5.41) is 8.74. The third-order valence-electron chi connectivity index (χ3n) is 1.94. The predicted octanol–water partition coefficient (Wildman–Crippen LogP) is 1.12. The van der Waals surface area contributed by atoms with Gasteiger partial charge >= 0.3 is 5.97 Å². The molecule has 1 atom stereocenters. The number of nitrogens with zero attached hydrogens (tertiary/aromatic N) is 1. The van der Waals surface area contributed by atoms with E-state index in [0.717, 1.165) is 0 Å². The number of hydrogen-bond acceptors (Lipinski definition) is 2. The Morgan fingerprint density at radius 2 is 2.00 bits per heavy atom. The molecule has 0 aromatic heterocycles. The van der Waals surface area contributed by atoms with E-state index < -0.39 is 12.0 Å². The molecule has 1 aromatic rings. The Morgan fingerprint density at radius 3 is 2.43 bits per heavy atom. The molecule has 0 bridgehead atoms. The number of carboxylic acids is 1. The number of rotatable bonds is 4. The highest BCUT2D eigenvalue weighted by Gasteiger charge is 2.19. The van der Waals surface area contributed by atoms with Gasteiger partial charge < -0.3 is 10.0 Å². The van der Waals surface area contributed by atoms with E-state index in [1.54, 1.807) is 30.3 Å². The van der Waals surface area contributed by atoms with Gasteiger partial charge in [0.15, 0.2) is 0 Å². The molecule has 0 saturated carbocycles. The van der Waals surface area contributed by atoms with Crippen LogP contribution in [-0.4, -0.2) is 23.5 Å². The maximum Gasteiger partial charge on any atom is 0.326 e. The fourth-order valence-electron chi connectivity index (χ4n) is 1.09. The lowest BCUT2D eigenvalue weighted by molar-refractivity contribution is -0.138. The second-order valence-corrected chi connectivity index (χ2v) is 2.86. The summed E-state index contributed by atoms with van der Waals surface area (Å²) in [6.07, 6.45) is 0.522. The first-order chi connectivity index (χ1) is 6.66. The fourth-order valence-corrected chi connectivity index (χ4v) is 1.09. The number of hydrogen-bond donors (Lipinski definition) is 1. The summed E-state index contributed by atoms with van der Waals surface area (Å²) < 4.78 is 0. The number of anilines is 1. The zero-order chi connectivity index (χ0) is 10.6. The van der Waals surface area contributed by atoms with Crippen LogP contribution in [0.25, 0.3) is 0 Å². The number of para-hydroxylation sites is 1. The van der Waals surface area contributed by atoms with Crippen molar-refractivity contribution in [1.29, 1.82) is 0 Å². The van der Waals surface area contributed by atoms with Crippen LogP contribution >= 0.6 is 0 Å². The van der Waals surface area contributed by atoms with Gasteiger partial charge in [0, 0.05) is 5.69 Å². The molecule has 0 heterocycles. The SMILES string of the molecule is CC(C(=O)O)N(C=O)c1ccccc1. The highest BCUT2D eigenvalue weighted by molar-refractivity contribution is 5.87. The van der Waals surface area contributed by atoms with Crippen LogP contribution in [0.15, 0.2) is 30.3 Å². The zero-order valence-corrected chi connectivity index (χ0v) is 7.75. The van der Waals surface area contributed by atoms with E-state index in [0.29, 0.717) is 12.1 Å². The van der Waals surface area contributed by atoms with Gasteiger partial charge in [-0.1, -0.05) is 18.2 Å². The summed E-state index contributed by atoms with van der Waals surface area (Å²) in [6, 6.07) is 7.83. The zero-order valence-electron chi connectivity index (χ0n) is 7.75.